The van der Waals surface area contributed by atoms with Gasteiger partial charge < -0.3 is 5.32 Å². The molecule has 0 radical (unpaired) electrons. The van der Waals surface area contributed by atoms with Crippen molar-refractivity contribution < 1.29 is 4.79 Å². The molecule has 0 aliphatic heterocycles. The monoisotopic (exact) mass is 421 g/mol. The van der Waals surface area contributed by atoms with Crippen molar-refractivity contribution >= 4 is 40.0 Å². The minimum atomic E-state index is -0.175. The van der Waals surface area contributed by atoms with E-state index in [1.165, 1.54) is 0 Å². The van der Waals surface area contributed by atoms with Gasteiger partial charge in [0.1, 0.15) is 0 Å². The normalized spacial score (nSPS) is 10.8. The Bertz CT molecular complexity index is 1160. The minimum absolute atomic E-state index is 0.175. The molecule has 0 aliphatic carbocycles. The summed E-state index contributed by atoms with van der Waals surface area (Å²) in [6.45, 7) is 0.504. The molecule has 0 atom stereocenters. The Morgan fingerprint density at radius 1 is 0.897 bits per heavy atom. The summed E-state index contributed by atoms with van der Waals surface area (Å²) in [5.74, 6) is -0.175. The number of nitrogens with zero attached hydrogens (tertiary/aromatic N) is 2. The van der Waals surface area contributed by atoms with Gasteiger partial charge in [-0.25, -0.2) is 4.98 Å². The molecule has 4 aromatic rings. The lowest BCUT2D eigenvalue weighted by atomic mass is 10.1. The molecule has 0 aliphatic rings. The van der Waals surface area contributed by atoms with Crippen molar-refractivity contribution in [1.29, 1.82) is 0 Å². The minimum Gasteiger partial charge on any atom is -0.352 e. The summed E-state index contributed by atoms with van der Waals surface area (Å²) in [5.41, 5.74) is 3.67. The summed E-state index contributed by atoms with van der Waals surface area (Å²) in [5, 5.41) is 4.95. The molecular formula is C23H17Cl2N3O. The second-order valence-corrected chi connectivity index (χ2v) is 7.44. The molecule has 6 heteroatoms. The van der Waals surface area contributed by atoms with E-state index in [9.17, 15) is 4.79 Å². The van der Waals surface area contributed by atoms with E-state index in [0.29, 0.717) is 50.9 Å². The quantitative estimate of drug-likeness (QED) is 0.457. The maximum absolute atomic E-state index is 13.0. The second-order valence-electron chi connectivity index (χ2n) is 6.56. The van der Waals surface area contributed by atoms with Gasteiger partial charge in [0.2, 0.25) is 0 Å². The molecule has 4 rings (SSSR count). The van der Waals surface area contributed by atoms with Crippen LogP contribution in [0.25, 0.3) is 22.3 Å². The predicted octanol–water partition coefficient (Wildman–Crippen LogP) is 5.58. The smallest absolute Gasteiger partial charge is 0.252 e. The molecule has 0 fully saturated rings. The number of aromatic nitrogens is 2. The van der Waals surface area contributed by atoms with Gasteiger partial charge >= 0.3 is 0 Å². The Morgan fingerprint density at radius 2 is 1.69 bits per heavy atom. The lowest BCUT2D eigenvalue weighted by Gasteiger charge is -2.11. The Balaban J connectivity index is 1.62. The van der Waals surface area contributed by atoms with Gasteiger partial charge in [0, 0.05) is 28.2 Å². The molecule has 0 bridgehead atoms. The molecule has 0 saturated heterocycles. The van der Waals surface area contributed by atoms with Crippen LogP contribution in [0.1, 0.15) is 15.9 Å². The fourth-order valence-electron chi connectivity index (χ4n) is 3.10. The van der Waals surface area contributed by atoms with E-state index in [1.807, 2.05) is 48.5 Å². The zero-order valence-electron chi connectivity index (χ0n) is 15.4. The van der Waals surface area contributed by atoms with Crippen LogP contribution in [-0.4, -0.2) is 22.4 Å². The van der Waals surface area contributed by atoms with E-state index < -0.39 is 0 Å². The zero-order valence-corrected chi connectivity index (χ0v) is 16.9. The lowest BCUT2D eigenvalue weighted by molar-refractivity contribution is 0.0956. The first-order valence-corrected chi connectivity index (χ1v) is 9.90. The van der Waals surface area contributed by atoms with E-state index in [4.69, 9.17) is 23.2 Å². The number of benzene rings is 2. The van der Waals surface area contributed by atoms with Crippen molar-refractivity contribution in [3.05, 3.63) is 94.1 Å². The van der Waals surface area contributed by atoms with Gasteiger partial charge in [-0.2, -0.15) is 0 Å². The molecule has 2 heterocycles. The third kappa shape index (κ3) is 4.56. The molecule has 0 spiro atoms. The first kappa shape index (κ1) is 19.4. The van der Waals surface area contributed by atoms with Crippen molar-refractivity contribution in [2.45, 2.75) is 6.42 Å². The highest BCUT2D eigenvalue weighted by molar-refractivity contribution is 6.31. The van der Waals surface area contributed by atoms with Crippen LogP contribution in [0.5, 0.6) is 0 Å². The van der Waals surface area contributed by atoms with Crippen LogP contribution < -0.4 is 5.32 Å². The van der Waals surface area contributed by atoms with Crippen LogP contribution in [0, 0.1) is 0 Å². The van der Waals surface area contributed by atoms with Gasteiger partial charge in [-0.1, -0.05) is 41.4 Å². The van der Waals surface area contributed by atoms with Crippen LogP contribution in [-0.2, 0) is 6.42 Å². The Labute approximate surface area is 178 Å². The molecular weight excluding hydrogens is 405 g/mol. The number of pyridine rings is 2. The van der Waals surface area contributed by atoms with Gasteiger partial charge in [-0.3, -0.25) is 9.78 Å². The number of carbonyl (C=O) groups is 1. The number of rotatable bonds is 5. The summed E-state index contributed by atoms with van der Waals surface area (Å²) >= 11 is 12.1. The molecule has 1 N–H and O–H groups in total. The third-order valence-electron chi connectivity index (χ3n) is 4.56. The molecule has 29 heavy (non-hydrogen) atoms. The fourth-order valence-corrected chi connectivity index (χ4v) is 3.40. The number of fused-ring (bicyclic) bond motifs is 1. The first-order chi connectivity index (χ1) is 14.1. The van der Waals surface area contributed by atoms with Crippen LogP contribution in [0.3, 0.4) is 0 Å². The van der Waals surface area contributed by atoms with E-state index in [1.54, 1.807) is 24.4 Å². The van der Waals surface area contributed by atoms with Gasteiger partial charge in [-0.15, -0.1) is 0 Å². The van der Waals surface area contributed by atoms with Crippen LogP contribution >= 0.6 is 23.2 Å². The average molecular weight is 422 g/mol. The number of nitrogens with one attached hydrogen (secondary N) is 1. The van der Waals surface area contributed by atoms with Crippen molar-refractivity contribution in [2.24, 2.45) is 0 Å². The second kappa shape index (κ2) is 8.60. The van der Waals surface area contributed by atoms with E-state index in [-0.39, 0.29) is 5.91 Å². The van der Waals surface area contributed by atoms with Gasteiger partial charge in [0.05, 0.1) is 22.5 Å². The Hall–Kier alpha value is -2.95. The summed E-state index contributed by atoms with van der Waals surface area (Å²) < 4.78 is 0. The molecule has 4 nitrogen and oxygen atoms in total. The SMILES string of the molecule is O=C(NCCc1ccc(Cl)cc1)c1cc(-c2ccccn2)nc2ccc(Cl)cc12. The zero-order chi connectivity index (χ0) is 20.2. The summed E-state index contributed by atoms with van der Waals surface area (Å²) in [6, 6.07) is 20.3. The summed E-state index contributed by atoms with van der Waals surface area (Å²) in [7, 11) is 0. The third-order valence-corrected chi connectivity index (χ3v) is 5.04. The maximum Gasteiger partial charge on any atom is 0.252 e. The fraction of sp³-hybridized carbons (Fsp3) is 0.0870. The Morgan fingerprint density at radius 3 is 2.45 bits per heavy atom. The van der Waals surface area contributed by atoms with Crippen molar-refractivity contribution in [3.8, 4) is 11.4 Å². The highest BCUT2D eigenvalue weighted by Gasteiger charge is 2.15. The number of amides is 1. The van der Waals surface area contributed by atoms with Crippen molar-refractivity contribution in [1.82, 2.24) is 15.3 Å². The largest absolute Gasteiger partial charge is 0.352 e. The number of halogens is 2. The van der Waals surface area contributed by atoms with E-state index >= 15 is 0 Å². The Kier molecular flexibility index (Phi) is 5.74. The number of hydrogen-bond donors (Lipinski definition) is 1. The topological polar surface area (TPSA) is 54.9 Å². The summed E-state index contributed by atoms with van der Waals surface area (Å²) in [4.78, 5) is 22.0. The molecule has 2 aromatic heterocycles. The lowest BCUT2D eigenvalue weighted by Crippen LogP contribution is -2.26. The standard InChI is InChI=1S/C23H17Cl2N3O/c24-16-6-4-15(5-7-16)10-12-27-23(29)19-14-22(21-3-1-2-11-26-21)28-20-9-8-17(25)13-18(19)20/h1-9,11,13-14H,10,12H2,(H,27,29). The highest BCUT2D eigenvalue weighted by atomic mass is 35.5. The van der Waals surface area contributed by atoms with Crippen LogP contribution in [0.4, 0.5) is 0 Å². The van der Waals surface area contributed by atoms with Gasteiger partial charge in [0.15, 0.2) is 0 Å². The van der Waals surface area contributed by atoms with Gasteiger partial charge in [0.25, 0.3) is 5.91 Å². The number of carbonyl (C=O) groups excluding carboxylic acids is 1. The van der Waals surface area contributed by atoms with E-state index in [0.717, 1.165) is 5.56 Å². The van der Waals surface area contributed by atoms with Crippen LogP contribution in [0.15, 0.2) is 72.9 Å². The van der Waals surface area contributed by atoms with Gasteiger partial charge in [-0.05, 0) is 60.5 Å². The predicted molar refractivity (Wildman–Crippen MR) is 117 cm³/mol. The first-order valence-electron chi connectivity index (χ1n) is 9.14. The summed E-state index contributed by atoms with van der Waals surface area (Å²) in [6.07, 6.45) is 2.41. The molecule has 144 valence electrons. The van der Waals surface area contributed by atoms with Crippen molar-refractivity contribution in [2.75, 3.05) is 6.54 Å². The highest BCUT2D eigenvalue weighted by Crippen LogP contribution is 2.26. The molecule has 2 aromatic carbocycles. The van der Waals surface area contributed by atoms with E-state index in [2.05, 4.69) is 15.3 Å². The molecule has 1 amide bonds. The van der Waals surface area contributed by atoms with Crippen LogP contribution in [0.2, 0.25) is 10.0 Å². The number of hydrogen-bond acceptors (Lipinski definition) is 3. The average Bonchev–Trinajstić information content (AvgIpc) is 2.75. The molecule has 0 unspecified atom stereocenters. The maximum atomic E-state index is 13.0. The molecule has 0 saturated carbocycles. The van der Waals surface area contributed by atoms with Crippen molar-refractivity contribution in [3.63, 3.8) is 0 Å².